The number of carbonyl (C=O) groups excluding carboxylic acids is 1. The summed E-state index contributed by atoms with van der Waals surface area (Å²) in [5.74, 6) is -0.186. The monoisotopic (exact) mass is 348 g/mol. The van der Waals surface area contributed by atoms with E-state index in [-0.39, 0.29) is 10.7 Å². The maximum Gasteiger partial charge on any atom is 0.300 e. The number of hydrogen-bond donors (Lipinski definition) is 1. The summed E-state index contributed by atoms with van der Waals surface area (Å²) in [6, 6.07) is 6.49. The topological polar surface area (TPSA) is 79.6 Å². The summed E-state index contributed by atoms with van der Waals surface area (Å²) < 4.78 is 32.4. The van der Waals surface area contributed by atoms with Gasteiger partial charge in [-0.15, -0.1) is 0 Å². The minimum atomic E-state index is -3.95. The van der Waals surface area contributed by atoms with Gasteiger partial charge in [0.05, 0.1) is 4.90 Å². The zero-order valence-electron chi connectivity index (χ0n) is 13.9. The largest absolute Gasteiger partial charge is 0.456 e. The Labute approximate surface area is 141 Å². The number of amides is 1. The van der Waals surface area contributed by atoms with Crippen LogP contribution in [0.25, 0.3) is 0 Å². The number of rotatable bonds is 3. The highest BCUT2D eigenvalue weighted by molar-refractivity contribution is 7.90. The Morgan fingerprint density at radius 2 is 2.00 bits per heavy atom. The summed E-state index contributed by atoms with van der Waals surface area (Å²) in [6.07, 6.45) is 1.97. The zero-order chi connectivity index (χ0) is 17.5. The Bertz CT molecular complexity index is 880. The van der Waals surface area contributed by atoms with Crippen molar-refractivity contribution in [2.75, 3.05) is 18.5 Å². The van der Waals surface area contributed by atoms with E-state index in [9.17, 15) is 13.2 Å². The second kappa shape index (κ2) is 5.98. The third kappa shape index (κ3) is 3.03. The van der Waals surface area contributed by atoms with E-state index >= 15 is 0 Å². The average Bonchev–Trinajstić information content (AvgIpc) is 2.86. The summed E-state index contributed by atoms with van der Waals surface area (Å²) in [5, 5.41) is 0. The van der Waals surface area contributed by atoms with Gasteiger partial charge in [-0.2, -0.15) is 0 Å². The van der Waals surface area contributed by atoms with Gasteiger partial charge in [-0.3, -0.25) is 4.79 Å². The van der Waals surface area contributed by atoms with Crippen LogP contribution < -0.4 is 9.62 Å². The fraction of sp³-hybridized carbons (Fsp3) is 0.353. The Morgan fingerprint density at radius 3 is 2.67 bits per heavy atom. The van der Waals surface area contributed by atoms with Crippen LogP contribution >= 0.6 is 0 Å². The molecular weight excluding hydrogens is 328 g/mol. The quantitative estimate of drug-likeness (QED) is 0.921. The third-order valence-corrected chi connectivity index (χ3v) is 5.66. The highest BCUT2D eigenvalue weighted by Crippen LogP contribution is 2.28. The fourth-order valence-electron chi connectivity index (χ4n) is 2.82. The molecule has 1 aliphatic heterocycles. The Hall–Kier alpha value is -2.28. The number of sulfonamides is 1. The lowest BCUT2D eigenvalue weighted by Crippen LogP contribution is -2.31. The van der Waals surface area contributed by atoms with Crippen LogP contribution in [0.15, 0.2) is 33.6 Å². The van der Waals surface area contributed by atoms with E-state index in [0.717, 1.165) is 36.2 Å². The number of hydrogen-bond acceptors (Lipinski definition) is 5. The molecule has 1 amide bonds. The van der Waals surface area contributed by atoms with Crippen LogP contribution in [0, 0.1) is 13.8 Å². The zero-order valence-corrected chi connectivity index (χ0v) is 14.7. The van der Waals surface area contributed by atoms with Gasteiger partial charge in [0.1, 0.15) is 5.76 Å². The first-order valence-corrected chi connectivity index (χ1v) is 9.24. The minimum absolute atomic E-state index is 0.0105. The Kier molecular flexibility index (Phi) is 4.13. The first-order valence-electron chi connectivity index (χ1n) is 7.76. The van der Waals surface area contributed by atoms with E-state index in [2.05, 4.69) is 4.72 Å². The summed E-state index contributed by atoms with van der Waals surface area (Å²) in [7, 11) is -2.02. The first kappa shape index (κ1) is 16.6. The highest BCUT2D eigenvalue weighted by atomic mass is 32.2. The molecule has 1 N–H and O–H groups in total. The van der Waals surface area contributed by atoms with Crippen LogP contribution in [-0.4, -0.2) is 27.9 Å². The molecule has 2 heterocycles. The summed E-state index contributed by atoms with van der Waals surface area (Å²) in [5.41, 5.74) is 2.81. The number of aryl methyl sites for hydroxylation is 3. The lowest BCUT2D eigenvalue weighted by atomic mass is 10.0. The van der Waals surface area contributed by atoms with Gasteiger partial charge in [-0.1, -0.05) is 6.07 Å². The molecule has 0 fully saturated rings. The van der Waals surface area contributed by atoms with Crippen LogP contribution in [0.2, 0.25) is 0 Å². The van der Waals surface area contributed by atoms with Crippen molar-refractivity contribution >= 4 is 21.6 Å². The second-order valence-electron chi connectivity index (χ2n) is 6.10. The molecule has 1 aliphatic rings. The van der Waals surface area contributed by atoms with Crippen molar-refractivity contribution in [1.82, 2.24) is 4.72 Å². The maximum absolute atomic E-state index is 12.5. The molecule has 6 nitrogen and oxygen atoms in total. The van der Waals surface area contributed by atoms with Gasteiger partial charge < -0.3 is 9.32 Å². The number of benzene rings is 1. The molecule has 0 saturated heterocycles. The van der Waals surface area contributed by atoms with Crippen molar-refractivity contribution in [2.24, 2.45) is 0 Å². The van der Waals surface area contributed by atoms with Crippen molar-refractivity contribution < 1.29 is 17.6 Å². The van der Waals surface area contributed by atoms with Crippen LogP contribution in [0.3, 0.4) is 0 Å². The van der Waals surface area contributed by atoms with Crippen LogP contribution in [0.4, 0.5) is 5.69 Å². The van der Waals surface area contributed by atoms with Gasteiger partial charge in [0.2, 0.25) is 0 Å². The van der Waals surface area contributed by atoms with Crippen molar-refractivity contribution in [3.63, 3.8) is 0 Å². The van der Waals surface area contributed by atoms with Crippen molar-refractivity contribution in [1.29, 1.82) is 0 Å². The summed E-state index contributed by atoms with van der Waals surface area (Å²) in [6.45, 7) is 4.40. The Morgan fingerprint density at radius 1 is 1.25 bits per heavy atom. The second-order valence-corrected chi connectivity index (χ2v) is 7.78. The Balaban J connectivity index is 1.88. The van der Waals surface area contributed by atoms with Crippen LogP contribution in [0.5, 0.6) is 0 Å². The molecule has 128 valence electrons. The predicted molar refractivity (Wildman–Crippen MR) is 90.9 cm³/mol. The molecule has 0 aliphatic carbocycles. The molecule has 0 spiro atoms. The fourth-order valence-corrected chi connectivity index (χ4v) is 3.80. The van der Waals surface area contributed by atoms with Gasteiger partial charge in [0.25, 0.3) is 10.0 Å². The maximum atomic E-state index is 12.5. The molecule has 0 unspecified atom stereocenters. The SMILES string of the molecule is Cc1cc(C(=O)NS(=O)(=O)c2ccc3c(c2)N(C)CCC3)oc1C. The predicted octanol–water partition coefficient (Wildman–Crippen LogP) is 2.40. The van der Waals surface area contributed by atoms with Gasteiger partial charge in [-0.05, 0) is 56.0 Å². The van der Waals surface area contributed by atoms with Crippen molar-refractivity contribution in [3.05, 3.63) is 46.9 Å². The van der Waals surface area contributed by atoms with E-state index in [1.54, 1.807) is 19.9 Å². The van der Waals surface area contributed by atoms with E-state index in [1.807, 2.05) is 18.0 Å². The van der Waals surface area contributed by atoms with Gasteiger partial charge in [0, 0.05) is 19.3 Å². The molecule has 3 rings (SSSR count). The molecule has 1 aromatic carbocycles. The lowest BCUT2D eigenvalue weighted by Gasteiger charge is -2.27. The standard InChI is InChI=1S/C17H20N2O4S/c1-11-9-16(23-12(11)2)17(20)18-24(21,22)14-7-6-13-5-4-8-19(3)15(13)10-14/h6-7,9-10H,4-5,8H2,1-3H3,(H,18,20). The first-order chi connectivity index (χ1) is 11.3. The average molecular weight is 348 g/mol. The molecule has 0 saturated carbocycles. The molecular formula is C17H20N2O4S. The number of nitrogens with zero attached hydrogens (tertiary/aromatic N) is 1. The molecule has 0 radical (unpaired) electrons. The summed E-state index contributed by atoms with van der Waals surface area (Å²) in [4.78, 5) is 14.3. The number of anilines is 1. The molecule has 7 heteroatoms. The van der Waals surface area contributed by atoms with Gasteiger partial charge >= 0.3 is 5.91 Å². The third-order valence-electron chi connectivity index (χ3n) is 4.33. The number of carbonyl (C=O) groups is 1. The molecule has 24 heavy (non-hydrogen) atoms. The van der Waals surface area contributed by atoms with Crippen molar-refractivity contribution in [2.45, 2.75) is 31.6 Å². The molecule has 0 atom stereocenters. The number of nitrogens with one attached hydrogen (secondary N) is 1. The van der Waals surface area contributed by atoms with E-state index in [4.69, 9.17) is 4.42 Å². The van der Waals surface area contributed by atoms with Crippen molar-refractivity contribution in [3.8, 4) is 0 Å². The van der Waals surface area contributed by atoms with E-state index < -0.39 is 15.9 Å². The molecule has 1 aromatic heterocycles. The normalized spacial score (nSPS) is 14.4. The summed E-state index contributed by atoms with van der Waals surface area (Å²) >= 11 is 0. The minimum Gasteiger partial charge on any atom is -0.456 e. The highest BCUT2D eigenvalue weighted by Gasteiger charge is 2.24. The van der Waals surface area contributed by atoms with E-state index in [1.165, 1.54) is 12.1 Å². The molecule has 0 bridgehead atoms. The molecule has 2 aromatic rings. The van der Waals surface area contributed by atoms with Gasteiger partial charge in [-0.25, -0.2) is 13.1 Å². The van der Waals surface area contributed by atoms with Crippen LogP contribution in [0.1, 0.15) is 33.9 Å². The number of fused-ring (bicyclic) bond motifs is 1. The van der Waals surface area contributed by atoms with E-state index in [0.29, 0.717) is 5.76 Å². The lowest BCUT2D eigenvalue weighted by molar-refractivity contribution is 0.0953. The van der Waals surface area contributed by atoms with Gasteiger partial charge in [0.15, 0.2) is 5.76 Å². The smallest absolute Gasteiger partial charge is 0.300 e. The number of furan rings is 1. The van der Waals surface area contributed by atoms with Crippen LogP contribution in [-0.2, 0) is 16.4 Å².